The minimum Gasteiger partial charge on any atom is -0.486 e. The summed E-state index contributed by atoms with van der Waals surface area (Å²) in [7, 11) is 0. The third-order valence-corrected chi connectivity index (χ3v) is 2.92. The van der Waals surface area contributed by atoms with E-state index in [2.05, 4.69) is 4.98 Å². The van der Waals surface area contributed by atoms with Gasteiger partial charge in [-0.1, -0.05) is 6.07 Å². The van der Waals surface area contributed by atoms with Gasteiger partial charge >= 0.3 is 0 Å². The Morgan fingerprint density at radius 3 is 3.00 bits per heavy atom. The summed E-state index contributed by atoms with van der Waals surface area (Å²) in [6, 6.07) is 7.72. The lowest BCUT2D eigenvalue weighted by Gasteiger charge is -2.05. The van der Waals surface area contributed by atoms with Crippen molar-refractivity contribution in [2.24, 2.45) is 5.73 Å². The number of nitrogens with zero attached hydrogens (tertiary/aromatic N) is 1. The van der Waals surface area contributed by atoms with E-state index in [4.69, 9.17) is 10.5 Å². The first-order valence-electron chi connectivity index (χ1n) is 4.69. The van der Waals surface area contributed by atoms with E-state index in [0.29, 0.717) is 13.2 Å². The minimum absolute atomic E-state index is 0.491. The molecular weight excluding hydrogens is 208 g/mol. The summed E-state index contributed by atoms with van der Waals surface area (Å²) in [5.41, 5.74) is 6.50. The van der Waals surface area contributed by atoms with Crippen molar-refractivity contribution in [1.29, 1.82) is 0 Å². The molecule has 0 aliphatic rings. The second-order valence-corrected chi connectivity index (χ2v) is 4.02. The number of pyridine rings is 1. The highest BCUT2D eigenvalue weighted by Crippen LogP contribution is 2.24. The van der Waals surface area contributed by atoms with Gasteiger partial charge in [0.05, 0.1) is 10.6 Å². The third-order valence-electron chi connectivity index (χ3n) is 1.99. The van der Waals surface area contributed by atoms with Gasteiger partial charge in [0, 0.05) is 12.7 Å². The fourth-order valence-corrected chi connectivity index (χ4v) is 1.94. The van der Waals surface area contributed by atoms with Crippen molar-refractivity contribution >= 4 is 11.3 Å². The molecule has 0 aliphatic carbocycles. The molecule has 2 N–H and O–H groups in total. The fraction of sp³-hybridized carbons (Fsp3) is 0.182. The Labute approximate surface area is 92.5 Å². The summed E-state index contributed by atoms with van der Waals surface area (Å²) in [4.78, 5) is 5.26. The van der Waals surface area contributed by atoms with Crippen LogP contribution in [0.4, 0.5) is 0 Å². The number of ether oxygens (including phenoxy) is 1. The summed E-state index contributed by atoms with van der Waals surface area (Å²) in [6.45, 7) is 1.01. The number of hydrogen-bond donors (Lipinski definition) is 1. The Hall–Kier alpha value is -1.39. The lowest BCUT2D eigenvalue weighted by molar-refractivity contribution is 0.300. The second-order valence-electron chi connectivity index (χ2n) is 3.02. The zero-order valence-electron chi connectivity index (χ0n) is 8.22. The van der Waals surface area contributed by atoms with Crippen LogP contribution in [-0.2, 0) is 13.2 Å². The van der Waals surface area contributed by atoms with Crippen molar-refractivity contribution in [3.8, 4) is 5.75 Å². The van der Waals surface area contributed by atoms with Crippen molar-refractivity contribution < 1.29 is 4.74 Å². The first-order valence-corrected chi connectivity index (χ1v) is 5.57. The van der Waals surface area contributed by atoms with E-state index >= 15 is 0 Å². The Morgan fingerprint density at radius 2 is 2.27 bits per heavy atom. The van der Waals surface area contributed by atoms with Gasteiger partial charge in [-0.25, -0.2) is 0 Å². The molecule has 3 nitrogen and oxygen atoms in total. The highest BCUT2D eigenvalue weighted by Gasteiger charge is 2.03. The van der Waals surface area contributed by atoms with E-state index in [-0.39, 0.29) is 0 Å². The van der Waals surface area contributed by atoms with Crippen molar-refractivity contribution in [3.63, 3.8) is 0 Å². The number of hydrogen-bond acceptors (Lipinski definition) is 4. The summed E-state index contributed by atoms with van der Waals surface area (Å²) in [5.74, 6) is 0.869. The van der Waals surface area contributed by atoms with Gasteiger partial charge in [0.1, 0.15) is 12.4 Å². The van der Waals surface area contributed by atoms with Crippen molar-refractivity contribution in [3.05, 3.63) is 46.4 Å². The van der Waals surface area contributed by atoms with Gasteiger partial charge in [0.25, 0.3) is 0 Å². The van der Waals surface area contributed by atoms with Crippen molar-refractivity contribution in [2.75, 3.05) is 0 Å². The van der Waals surface area contributed by atoms with E-state index in [1.54, 1.807) is 17.5 Å². The van der Waals surface area contributed by atoms with E-state index in [1.807, 2.05) is 29.6 Å². The molecule has 0 saturated carbocycles. The summed E-state index contributed by atoms with van der Waals surface area (Å²) in [6.07, 6.45) is 1.76. The molecule has 0 saturated heterocycles. The molecule has 0 aliphatic heterocycles. The summed E-state index contributed by atoms with van der Waals surface area (Å²) in [5, 5.41) is 1.98. The van der Waals surface area contributed by atoms with Crippen LogP contribution in [0.15, 0.2) is 35.8 Å². The van der Waals surface area contributed by atoms with Crippen molar-refractivity contribution in [2.45, 2.75) is 13.2 Å². The third kappa shape index (κ3) is 2.55. The molecule has 0 spiro atoms. The molecule has 4 heteroatoms. The molecule has 2 aromatic rings. The molecule has 0 bridgehead atoms. The highest BCUT2D eigenvalue weighted by molar-refractivity contribution is 7.10. The monoisotopic (exact) mass is 220 g/mol. The normalized spacial score (nSPS) is 10.2. The molecule has 0 fully saturated rings. The van der Waals surface area contributed by atoms with Gasteiger partial charge in [-0.15, -0.1) is 11.3 Å². The van der Waals surface area contributed by atoms with Gasteiger partial charge in [0.2, 0.25) is 0 Å². The lowest BCUT2D eigenvalue weighted by Crippen LogP contribution is -2.00. The summed E-state index contributed by atoms with van der Waals surface area (Å²) >= 11 is 1.61. The predicted molar refractivity (Wildman–Crippen MR) is 60.8 cm³/mol. The van der Waals surface area contributed by atoms with Crippen LogP contribution in [0.3, 0.4) is 0 Å². The predicted octanol–water partition coefficient (Wildman–Crippen LogP) is 2.18. The number of thiophene rings is 1. The fourth-order valence-electron chi connectivity index (χ4n) is 1.24. The molecular formula is C11H12N2OS. The Kier molecular flexibility index (Phi) is 3.32. The van der Waals surface area contributed by atoms with E-state index < -0.39 is 0 Å². The quantitative estimate of drug-likeness (QED) is 0.859. The van der Waals surface area contributed by atoms with Crippen LogP contribution in [0.5, 0.6) is 5.75 Å². The van der Waals surface area contributed by atoms with Crippen LogP contribution in [0.25, 0.3) is 0 Å². The molecule has 15 heavy (non-hydrogen) atoms. The average molecular weight is 220 g/mol. The molecule has 0 radical (unpaired) electrons. The van der Waals surface area contributed by atoms with Gasteiger partial charge in [-0.05, 0) is 23.6 Å². The number of aromatic nitrogens is 1. The van der Waals surface area contributed by atoms with Crippen LogP contribution < -0.4 is 10.5 Å². The average Bonchev–Trinajstić information content (AvgIpc) is 2.75. The molecule has 2 heterocycles. The lowest BCUT2D eigenvalue weighted by atomic mass is 10.3. The molecule has 0 unspecified atom stereocenters. The van der Waals surface area contributed by atoms with Crippen LogP contribution >= 0.6 is 11.3 Å². The highest BCUT2D eigenvalue weighted by atomic mass is 32.1. The zero-order chi connectivity index (χ0) is 10.5. The molecule has 2 rings (SSSR count). The first kappa shape index (κ1) is 10.1. The zero-order valence-corrected chi connectivity index (χ0v) is 9.04. The van der Waals surface area contributed by atoms with E-state index in [1.165, 1.54) is 0 Å². The van der Waals surface area contributed by atoms with Crippen LogP contribution in [0, 0.1) is 0 Å². The SMILES string of the molecule is NCc1sccc1OCc1ccccn1. The Bertz CT molecular complexity index is 414. The topological polar surface area (TPSA) is 48.1 Å². The number of nitrogens with two attached hydrogens (primary N) is 1. The number of rotatable bonds is 4. The first-order chi connectivity index (χ1) is 7.40. The second kappa shape index (κ2) is 4.91. The van der Waals surface area contributed by atoms with Crippen LogP contribution in [-0.4, -0.2) is 4.98 Å². The van der Waals surface area contributed by atoms with Gasteiger partial charge in [-0.2, -0.15) is 0 Å². The van der Waals surface area contributed by atoms with Crippen molar-refractivity contribution in [1.82, 2.24) is 4.98 Å². The maximum absolute atomic E-state index is 5.62. The Morgan fingerprint density at radius 1 is 1.33 bits per heavy atom. The molecule has 0 amide bonds. The maximum Gasteiger partial charge on any atom is 0.135 e. The summed E-state index contributed by atoms with van der Waals surface area (Å²) < 4.78 is 5.62. The van der Waals surface area contributed by atoms with E-state index in [0.717, 1.165) is 16.3 Å². The van der Waals surface area contributed by atoms with Gasteiger partial charge < -0.3 is 10.5 Å². The molecule has 2 aromatic heterocycles. The Balaban J connectivity index is 1.99. The van der Waals surface area contributed by atoms with E-state index in [9.17, 15) is 0 Å². The smallest absolute Gasteiger partial charge is 0.135 e. The standard InChI is InChI=1S/C11H12N2OS/c12-7-11-10(4-6-15-11)14-8-9-3-1-2-5-13-9/h1-6H,7-8,12H2. The molecule has 0 aromatic carbocycles. The maximum atomic E-state index is 5.62. The van der Waals surface area contributed by atoms with Crippen LogP contribution in [0.1, 0.15) is 10.6 Å². The largest absolute Gasteiger partial charge is 0.486 e. The van der Waals surface area contributed by atoms with Gasteiger partial charge in [0.15, 0.2) is 0 Å². The van der Waals surface area contributed by atoms with Gasteiger partial charge in [-0.3, -0.25) is 4.98 Å². The molecule has 0 atom stereocenters. The minimum atomic E-state index is 0.491. The van der Waals surface area contributed by atoms with Crippen LogP contribution in [0.2, 0.25) is 0 Å². The molecule has 78 valence electrons.